The Morgan fingerprint density at radius 2 is 2.04 bits per heavy atom. The van der Waals surface area contributed by atoms with Crippen molar-refractivity contribution in [3.8, 4) is 0 Å². The summed E-state index contributed by atoms with van der Waals surface area (Å²) in [6, 6.07) is 8.12. The first-order chi connectivity index (χ1) is 11.1. The van der Waals surface area contributed by atoms with E-state index in [2.05, 4.69) is 25.2 Å². The van der Waals surface area contributed by atoms with Crippen molar-refractivity contribution in [2.24, 2.45) is 17.8 Å². The fraction of sp³-hybridized carbons (Fsp3) is 0.579. The second-order valence-corrected chi connectivity index (χ2v) is 7.14. The van der Waals surface area contributed by atoms with Gasteiger partial charge in [0, 0.05) is 18.8 Å². The maximum atomic E-state index is 12.8. The predicted molar refractivity (Wildman–Crippen MR) is 91.2 cm³/mol. The van der Waals surface area contributed by atoms with E-state index in [-0.39, 0.29) is 23.7 Å². The van der Waals surface area contributed by atoms with Crippen molar-refractivity contribution in [1.82, 2.24) is 5.32 Å². The molecular weight excluding hydrogens is 288 g/mol. The Bertz CT molecular complexity index is 597. The first-order valence-corrected chi connectivity index (χ1v) is 8.75. The summed E-state index contributed by atoms with van der Waals surface area (Å²) in [5.74, 6) is 0.510. The topological polar surface area (TPSA) is 49.4 Å². The van der Waals surface area contributed by atoms with Crippen LogP contribution < -0.4 is 10.2 Å². The van der Waals surface area contributed by atoms with Gasteiger partial charge in [-0.2, -0.15) is 0 Å². The molecule has 1 aliphatic heterocycles. The van der Waals surface area contributed by atoms with Crippen molar-refractivity contribution in [2.75, 3.05) is 18.0 Å². The molecule has 1 N–H and O–H groups in total. The van der Waals surface area contributed by atoms with Crippen molar-refractivity contribution in [3.63, 3.8) is 0 Å². The summed E-state index contributed by atoms with van der Waals surface area (Å²) in [5, 5.41) is 2.97. The number of fused-ring (bicyclic) bond motifs is 1. The number of nitrogens with zero attached hydrogens (tertiary/aromatic N) is 1. The van der Waals surface area contributed by atoms with Crippen LogP contribution in [0.2, 0.25) is 0 Å². The highest BCUT2D eigenvalue weighted by Gasteiger charge is 2.49. The standard InChI is InChI=1S/C19H26N2O2/c1-13(2)9-10-20-18(22)15-12-16(15)19(23)21-11-5-7-14-6-3-4-8-17(14)21/h3-4,6,8,13,15-16H,5,7,9-12H2,1-2H3,(H,20,22). The molecule has 23 heavy (non-hydrogen) atoms. The number of anilines is 1. The lowest BCUT2D eigenvalue weighted by Gasteiger charge is -2.29. The van der Waals surface area contributed by atoms with E-state index in [1.807, 2.05) is 23.1 Å². The summed E-state index contributed by atoms with van der Waals surface area (Å²) in [6.07, 6.45) is 3.71. The summed E-state index contributed by atoms with van der Waals surface area (Å²) >= 11 is 0. The number of hydrogen-bond donors (Lipinski definition) is 1. The number of para-hydroxylation sites is 1. The van der Waals surface area contributed by atoms with E-state index >= 15 is 0 Å². The number of carbonyl (C=O) groups excluding carboxylic acids is 2. The zero-order valence-electron chi connectivity index (χ0n) is 14.0. The zero-order valence-corrected chi connectivity index (χ0v) is 14.0. The van der Waals surface area contributed by atoms with Gasteiger partial charge in [0.2, 0.25) is 11.8 Å². The van der Waals surface area contributed by atoms with Crippen molar-refractivity contribution in [1.29, 1.82) is 0 Å². The Morgan fingerprint density at radius 1 is 1.26 bits per heavy atom. The molecule has 3 rings (SSSR count). The van der Waals surface area contributed by atoms with E-state index < -0.39 is 0 Å². The Hall–Kier alpha value is -1.84. The average Bonchev–Trinajstić information content (AvgIpc) is 3.34. The molecule has 0 aromatic heterocycles. The summed E-state index contributed by atoms with van der Waals surface area (Å²) in [6.45, 7) is 5.77. The number of nitrogens with one attached hydrogen (secondary N) is 1. The fourth-order valence-corrected chi connectivity index (χ4v) is 3.34. The Labute approximate surface area is 138 Å². The highest BCUT2D eigenvalue weighted by Crippen LogP contribution is 2.42. The minimum absolute atomic E-state index is 0.0503. The van der Waals surface area contributed by atoms with Gasteiger partial charge in [0.1, 0.15) is 0 Å². The van der Waals surface area contributed by atoms with Crippen molar-refractivity contribution >= 4 is 17.5 Å². The van der Waals surface area contributed by atoms with E-state index in [9.17, 15) is 9.59 Å². The van der Waals surface area contributed by atoms with Gasteiger partial charge in [0.05, 0.1) is 11.8 Å². The zero-order chi connectivity index (χ0) is 16.4. The SMILES string of the molecule is CC(C)CCNC(=O)C1CC1C(=O)N1CCCc2ccccc21. The minimum Gasteiger partial charge on any atom is -0.356 e. The second kappa shape index (κ2) is 6.73. The Balaban J connectivity index is 1.58. The summed E-state index contributed by atoms with van der Waals surface area (Å²) in [4.78, 5) is 26.8. The van der Waals surface area contributed by atoms with Crippen LogP contribution in [0.4, 0.5) is 5.69 Å². The largest absolute Gasteiger partial charge is 0.356 e. The third-order valence-electron chi connectivity index (χ3n) is 4.84. The molecule has 2 amide bonds. The van der Waals surface area contributed by atoms with E-state index in [0.29, 0.717) is 18.9 Å². The van der Waals surface area contributed by atoms with Crippen molar-refractivity contribution < 1.29 is 9.59 Å². The third kappa shape index (κ3) is 3.57. The molecule has 2 unspecified atom stereocenters. The van der Waals surface area contributed by atoms with Gasteiger partial charge in [-0.15, -0.1) is 0 Å². The number of aryl methyl sites for hydroxylation is 1. The third-order valence-corrected chi connectivity index (χ3v) is 4.84. The number of benzene rings is 1. The maximum absolute atomic E-state index is 12.8. The van der Waals surface area contributed by atoms with E-state index in [1.165, 1.54) is 5.56 Å². The van der Waals surface area contributed by atoms with Gasteiger partial charge in [-0.25, -0.2) is 0 Å². The van der Waals surface area contributed by atoms with Gasteiger partial charge in [-0.3, -0.25) is 9.59 Å². The van der Waals surface area contributed by atoms with Gasteiger partial charge < -0.3 is 10.2 Å². The smallest absolute Gasteiger partial charge is 0.230 e. The molecular formula is C19H26N2O2. The van der Waals surface area contributed by atoms with Gasteiger partial charge in [0.15, 0.2) is 0 Å². The van der Waals surface area contributed by atoms with Crippen LogP contribution in [0.15, 0.2) is 24.3 Å². The monoisotopic (exact) mass is 314 g/mol. The normalized spacial score (nSPS) is 22.7. The van der Waals surface area contributed by atoms with Crippen LogP contribution in [-0.4, -0.2) is 24.9 Å². The summed E-state index contributed by atoms with van der Waals surface area (Å²) in [7, 11) is 0. The first kappa shape index (κ1) is 16.0. The Kier molecular flexibility index (Phi) is 4.69. The van der Waals surface area contributed by atoms with Crippen LogP contribution >= 0.6 is 0 Å². The molecule has 4 nitrogen and oxygen atoms in total. The molecule has 0 radical (unpaired) electrons. The molecule has 2 atom stereocenters. The second-order valence-electron chi connectivity index (χ2n) is 7.14. The van der Waals surface area contributed by atoms with E-state index in [4.69, 9.17) is 0 Å². The number of carbonyl (C=O) groups is 2. The highest BCUT2D eigenvalue weighted by atomic mass is 16.2. The molecule has 1 aromatic rings. The lowest BCUT2D eigenvalue weighted by Crippen LogP contribution is -2.38. The summed E-state index contributed by atoms with van der Waals surface area (Å²) < 4.78 is 0. The van der Waals surface area contributed by atoms with Crippen molar-refractivity contribution in [3.05, 3.63) is 29.8 Å². The molecule has 1 saturated carbocycles. The average molecular weight is 314 g/mol. The Morgan fingerprint density at radius 3 is 2.83 bits per heavy atom. The summed E-state index contributed by atoms with van der Waals surface area (Å²) in [5.41, 5.74) is 2.28. The number of amides is 2. The molecule has 124 valence electrons. The highest BCUT2D eigenvalue weighted by molar-refractivity contribution is 6.01. The fourth-order valence-electron chi connectivity index (χ4n) is 3.34. The number of rotatable bonds is 5. The molecule has 1 aliphatic carbocycles. The van der Waals surface area contributed by atoms with Gasteiger partial charge in [0.25, 0.3) is 0 Å². The molecule has 2 aliphatic rings. The predicted octanol–water partition coefficient (Wildman–Crippen LogP) is 2.76. The van der Waals surface area contributed by atoms with E-state index in [0.717, 1.165) is 31.5 Å². The maximum Gasteiger partial charge on any atom is 0.230 e. The molecule has 1 heterocycles. The molecule has 0 bridgehead atoms. The van der Waals surface area contributed by atoms with Crippen LogP contribution in [0.3, 0.4) is 0 Å². The van der Waals surface area contributed by atoms with Crippen LogP contribution in [0.1, 0.15) is 38.7 Å². The number of hydrogen-bond acceptors (Lipinski definition) is 2. The lowest BCUT2D eigenvalue weighted by atomic mass is 10.0. The van der Waals surface area contributed by atoms with Crippen LogP contribution in [0, 0.1) is 17.8 Å². The first-order valence-electron chi connectivity index (χ1n) is 8.75. The minimum atomic E-state index is -0.125. The molecule has 1 aromatic carbocycles. The van der Waals surface area contributed by atoms with Crippen molar-refractivity contribution in [2.45, 2.75) is 39.5 Å². The molecule has 1 fully saturated rings. The van der Waals surface area contributed by atoms with Gasteiger partial charge in [-0.1, -0.05) is 32.0 Å². The molecule has 0 saturated heterocycles. The van der Waals surface area contributed by atoms with Crippen LogP contribution in [-0.2, 0) is 16.0 Å². The molecule has 0 spiro atoms. The van der Waals surface area contributed by atoms with Crippen LogP contribution in [0.5, 0.6) is 0 Å². The van der Waals surface area contributed by atoms with E-state index in [1.54, 1.807) is 0 Å². The van der Waals surface area contributed by atoms with Gasteiger partial charge >= 0.3 is 0 Å². The van der Waals surface area contributed by atoms with Gasteiger partial charge in [-0.05, 0) is 43.2 Å². The lowest BCUT2D eigenvalue weighted by molar-refractivity contribution is -0.126. The molecule has 4 heteroatoms. The quantitative estimate of drug-likeness (QED) is 0.908. The van der Waals surface area contributed by atoms with Crippen LogP contribution in [0.25, 0.3) is 0 Å².